The number of amides is 1. The minimum absolute atomic E-state index is 0.102. The molecule has 1 aromatic carbocycles. The van der Waals surface area contributed by atoms with Crippen molar-refractivity contribution in [1.29, 1.82) is 0 Å². The zero-order valence-corrected chi connectivity index (χ0v) is 10.7. The SMILES string of the molecule is Cc1cc[nH]c(=O)c1C(=O)Nc1ccc2c(c1)OCO2. The Bertz CT molecular complexity index is 736. The second-order valence-corrected chi connectivity index (χ2v) is 4.39. The Hall–Kier alpha value is -2.76. The van der Waals surface area contributed by atoms with Gasteiger partial charge in [-0.3, -0.25) is 9.59 Å². The van der Waals surface area contributed by atoms with E-state index in [1.807, 2.05) is 0 Å². The predicted molar refractivity (Wildman–Crippen MR) is 72.3 cm³/mol. The van der Waals surface area contributed by atoms with Crippen molar-refractivity contribution in [2.24, 2.45) is 0 Å². The number of rotatable bonds is 2. The van der Waals surface area contributed by atoms with Crippen molar-refractivity contribution in [3.8, 4) is 11.5 Å². The number of carbonyl (C=O) groups is 1. The van der Waals surface area contributed by atoms with Gasteiger partial charge >= 0.3 is 0 Å². The molecule has 0 unspecified atom stereocenters. The van der Waals surface area contributed by atoms with Gasteiger partial charge in [0.05, 0.1) is 0 Å². The third kappa shape index (κ3) is 2.11. The molecule has 0 saturated heterocycles. The van der Waals surface area contributed by atoms with Gasteiger partial charge in [-0.1, -0.05) is 0 Å². The van der Waals surface area contributed by atoms with Crippen molar-refractivity contribution in [1.82, 2.24) is 4.98 Å². The molecule has 20 heavy (non-hydrogen) atoms. The fraction of sp³-hybridized carbons (Fsp3) is 0.143. The molecule has 0 fully saturated rings. The first-order valence-electron chi connectivity index (χ1n) is 6.04. The molecule has 6 nitrogen and oxygen atoms in total. The lowest BCUT2D eigenvalue weighted by molar-refractivity contribution is 0.102. The summed E-state index contributed by atoms with van der Waals surface area (Å²) in [6.45, 7) is 1.88. The third-order valence-electron chi connectivity index (χ3n) is 3.03. The smallest absolute Gasteiger partial charge is 0.261 e. The Morgan fingerprint density at radius 3 is 2.85 bits per heavy atom. The second-order valence-electron chi connectivity index (χ2n) is 4.39. The molecule has 0 radical (unpaired) electrons. The van der Waals surface area contributed by atoms with Crippen LogP contribution in [0.1, 0.15) is 15.9 Å². The number of aryl methyl sites for hydroxylation is 1. The van der Waals surface area contributed by atoms with Gasteiger partial charge in [-0.05, 0) is 30.7 Å². The summed E-state index contributed by atoms with van der Waals surface area (Å²) in [5, 5.41) is 2.68. The van der Waals surface area contributed by atoms with Crippen LogP contribution in [0.3, 0.4) is 0 Å². The molecule has 0 spiro atoms. The number of nitrogens with one attached hydrogen (secondary N) is 2. The molecule has 0 bridgehead atoms. The molecule has 3 rings (SSSR count). The zero-order chi connectivity index (χ0) is 14.1. The normalized spacial score (nSPS) is 12.2. The molecule has 1 aliphatic rings. The van der Waals surface area contributed by atoms with E-state index in [1.165, 1.54) is 6.20 Å². The minimum Gasteiger partial charge on any atom is -0.454 e. The van der Waals surface area contributed by atoms with Gasteiger partial charge in [0.25, 0.3) is 11.5 Å². The predicted octanol–water partition coefficient (Wildman–Crippen LogP) is 1.66. The molecule has 1 amide bonds. The summed E-state index contributed by atoms with van der Waals surface area (Å²) in [4.78, 5) is 26.3. The van der Waals surface area contributed by atoms with E-state index in [0.29, 0.717) is 22.7 Å². The third-order valence-corrected chi connectivity index (χ3v) is 3.03. The van der Waals surface area contributed by atoms with Crippen LogP contribution in [0.2, 0.25) is 0 Å². The number of aromatic amines is 1. The van der Waals surface area contributed by atoms with E-state index >= 15 is 0 Å². The van der Waals surface area contributed by atoms with Gasteiger partial charge < -0.3 is 19.8 Å². The molecule has 1 aliphatic heterocycles. The van der Waals surface area contributed by atoms with E-state index in [1.54, 1.807) is 31.2 Å². The fourth-order valence-corrected chi connectivity index (χ4v) is 2.03. The first-order chi connectivity index (χ1) is 9.65. The van der Waals surface area contributed by atoms with Crippen LogP contribution < -0.4 is 20.3 Å². The van der Waals surface area contributed by atoms with E-state index < -0.39 is 11.5 Å². The highest BCUT2D eigenvalue weighted by Crippen LogP contribution is 2.34. The highest BCUT2D eigenvalue weighted by atomic mass is 16.7. The maximum Gasteiger partial charge on any atom is 0.261 e. The number of aromatic nitrogens is 1. The molecule has 6 heteroatoms. The topological polar surface area (TPSA) is 80.4 Å². The molecule has 1 aromatic heterocycles. The molecule has 0 aliphatic carbocycles. The average Bonchev–Trinajstić information content (AvgIpc) is 2.85. The number of ether oxygens (including phenoxy) is 2. The van der Waals surface area contributed by atoms with E-state index in [-0.39, 0.29) is 12.4 Å². The van der Waals surface area contributed by atoms with Gasteiger partial charge in [-0.25, -0.2) is 0 Å². The summed E-state index contributed by atoms with van der Waals surface area (Å²) in [6.07, 6.45) is 1.51. The van der Waals surface area contributed by atoms with Crippen molar-refractivity contribution in [3.63, 3.8) is 0 Å². The van der Waals surface area contributed by atoms with Crippen molar-refractivity contribution in [3.05, 3.63) is 51.9 Å². The minimum atomic E-state index is -0.455. The van der Waals surface area contributed by atoms with Gasteiger partial charge in [-0.15, -0.1) is 0 Å². The van der Waals surface area contributed by atoms with Crippen molar-refractivity contribution in [2.45, 2.75) is 6.92 Å². The molecule has 2 aromatic rings. The van der Waals surface area contributed by atoms with Crippen molar-refractivity contribution >= 4 is 11.6 Å². The standard InChI is InChI=1S/C14H12N2O4/c1-8-4-5-15-13(17)12(8)14(18)16-9-2-3-10-11(6-9)20-7-19-10/h2-6H,7H2,1H3,(H,15,17)(H,16,18). The van der Waals surface area contributed by atoms with Gasteiger partial charge in [0, 0.05) is 18.0 Å². The largest absolute Gasteiger partial charge is 0.454 e. The van der Waals surface area contributed by atoms with Gasteiger partial charge in [0.1, 0.15) is 5.56 Å². The summed E-state index contributed by atoms with van der Waals surface area (Å²) in [7, 11) is 0. The maximum atomic E-state index is 12.2. The molecule has 2 heterocycles. The van der Waals surface area contributed by atoms with Crippen molar-refractivity contribution in [2.75, 3.05) is 12.1 Å². The quantitative estimate of drug-likeness (QED) is 0.871. The number of hydrogen-bond acceptors (Lipinski definition) is 4. The number of anilines is 1. The second kappa shape index (κ2) is 4.73. The van der Waals surface area contributed by atoms with Crippen LogP contribution in [0.25, 0.3) is 0 Å². The Balaban J connectivity index is 1.88. The number of fused-ring (bicyclic) bond motifs is 1. The van der Waals surface area contributed by atoms with E-state index in [2.05, 4.69) is 10.3 Å². The molecule has 0 atom stereocenters. The number of hydrogen-bond donors (Lipinski definition) is 2. The summed E-state index contributed by atoms with van der Waals surface area (Å²) < 4.78 is 10.4. The molecule has 2 N–H and O–H groups in total. The van der Waals surface area contributed by atoms with Crippen LogP contribution in [0.5, 0.6) is 11.5 Å². The molecular weight excluding hydrogens is 260 g/mol. The first kappa shape index (κ1) is 12.3. The highest BCUT2D eigenvalue weighted by Gasteiger charge is 2.17. The molecular formula is C14H12N2O4. The first-order valence-corrected chi connectivity index (χ1v) is 6.04. The summed E-state index contributed by atoms with van der Waals surface area (Å²) in [6, 6.07) is 6.74. The van der Waals surface area contributed by atoms with Crippen LogP contribution in [0.15, 0.2) is 35.3 Å². The van der Waals surface area contributed by atoms with Crippen LogP contribution in [-0.2, 0) is 0 Å². The summed E-state index contributed by atoms with van der Waals surface area (Å²) >= 11 is 0. The lowest BCUT2D eigenvalue weighted by Crippen LogP contribution is -2.24. The zero-order valence-electron chi connectivity index (χ0n) is 10.7. The van der Waals surface area contributed by atoms with E-state index in [0.717, 1.165) is 0 Å². The highest BCUT2D eigenvalue weighted by molar-refractivity contribution is 6.05. The maximum absolute atomic E-state index is 12.2. The van der Waals surface area contributed by atoms with E-state index in [9.17, 15) is 9.59 Å². The van der Waals surface area contributed by atoms with Crippen LogP contribution in [0, 0.1) is 6.92 Å². The molecule has 0 saturated carbocycles. The van der Waals surface area contributed by atoms with Crippen molar-refractivity contribution < 1.29 is 14.3 Å². The van der Waals surface area contributed by atoms with E-state index in [4.69, 9.17) is 9.47 Å². The monoisotopic (exact) mass is 272 g/mol. The van der Waals surface area contributed by atoms with Gasteiger partial charge in [0.15, 0.2) is 11.5 Å². The van der Waals surface area contributed by atoms with Gasteiger partial charge in [0.2, 0.25) is 6.79 Å². The number of carbonyl (C=O) groups excluding carboxylic acids is 1. The molecule has 102 valence electrons. The average molecular weight is 272 g/mol. The van der Waals surface area contributed by atoms with Crippen LogP contribution >= 0.6 is 0 Å². The Morgan fingerprint density at radius 1 is 1.25 bits per heavy atom. The Labute approximate surface area is 114 Å². The van der Waals surface area contributed by atoms with Gasteiger partial charge in [-0.2, -0.15) is 0 Å². The lowest BCUT2D eigenvalue weighted by Gasteiger charge is -2.07. The van der Waals surface area contributed by atoms with Crippen LogP contribution in [0.4, 0.5) is 5.69 Å². The number of pyridine rings is 1. The fourth-order valence-electron chi connectivity index (χ4n) is 2.03. The van der Waals surface area contributed by atoms with Crippen LogP contribution in [-0.4, -0.2) is 17.7 Å². The lowest BCUT2D eigenvalue weighted by atomic mass is 10.1. The number of benzene rings is 1. The Morgan fingerprint density at radius 2 is 2.05 bits per heavy atom. The Kier molecular flexibility index (Phi) is 2.90. The summed E-state index contributed by atoms with van der Waals surface area (Å²) in [5.74, 6) is 0.751. The number of H-pyrrole nitrogens is 1. The summed E-state index contributed by atoms with van der Waals surface area (Å²) in [5.41, 5.74) is 0.849.